The fraction of sp³-hybridized carbons (Fsp3) is 0.500. The van der Waals surface area contributed by atoms with Gasteiger partial charge in [0.15, 0.2) is 5.75 Å². The highest BCUT2D eigenvalue weighted by molar-refractivity contribution is 7.99. The van der Waals surface area contributed by atoms with Crippen molar-refractivity contribution in [1.29, 1.82) is 0 Å². The Labute approximate surface area is 158 Å². The molecule has 1 fully saturated rings. The average molecular weight is 375 g/mol. The molecule has 1 aliphatic heterocycles. The molecule has 1 heterocycles. The molecule has 5 nitrogen and oxygen atoms in total. The van der Waals surface area contributed by atoms with Crippen molar-refractivity contribution < 1.29 is 4.74 Å². The van der Waals surface area contributed by atoms with Crippen molar-refractivity contribution in [2.24, 2.45) is 0 Å². The third-order valence-corrected chi connectivity index (χ3v) is 5.80. The molecule has 0 aliphatic carbocycles. The molecule has 0 amide bonds. The van der Waals surface area contributed by atoms with Crippen LogP contribution in [0.1, 0.15) is 31.2 Å². The van der Waals surface area contributed by atoms with Gasteiger partial charge < -0.3 is 10.1 Å². The Morgan fingerprint density at radius 1 is 1.15 bits per heavy atom. The zero-order valence-electron chi connectivity index (χ0n) is 15.3. The van der Waals surface area contributed by atoms with Crippen molar-refractivity contribution in [3.63, 3.8) is 0 Å². The maximum atomic E-state index is 11.5. The number of benzene rings is 1. The summed E-state index contributed by atoms with van der Waals surface area (Å²) in [6.07, 6.45) is 4.90. The molecule has 0 atom stereocenters. The highest BCUT2D eigenvalue weighted by Gasteiger charge is 2.20. The van der Waals surface area contributed by atoms with Gasteiger partial charge in [-0.2, -0.15) is 0 Å². The molecule has 1 saturated heterocycles. The molecule has 1 aliphatic rings. The van der Waals surface area contributed by atoms with Crippen molar-refractivity contribution in [3.8, 4) is 5.75 Å². The van der Waals surface area contributed by atoms with Crippen LogP contribution in [-0.2, 0) is 6.54 Å². The Morgan fingerprint density at radius 3 is 2.73 bits per heavy atom. The van der Waals surface area contributed by atoms with Gasteiger partial charge in [0.2, 0.25) is 0 Å². The molecule has 140 valence electrons. The number of anilines is 1. The summed E-state index contributed by atoms with van der Waals surface area (Å²) in [6, 6.07) is 8.77. The van der Waals surface area contributed by atoms with E-state index in [1.54, 1.807) is 0 Å². The second-order valence-corrected chi connectivity index (χ2v) is 7.85. The zero-order valence-corrected chi connectivity index (χ0v) is 16.1. The Balaban J connectivity index is 1.40. The van der Waals surface area contributed by atoms with E-state index in [9.17, 15) is 9.59 Å². The van der Waals surface area contributed by atoms with E-state index in [4.69, 9.17) is 4.74 Å². The van der Waals surface area contributed by atoms with Gasteiger partial charge in [-0.3, -0.25) is 14.5 Å². The highest BCUT2D eigenvalue weighted by Crippen LogP contribution is 2.22. The molecule has 0 bridgehead atoms. The Hall–Kier alpha value is -1.79. The van der Waals surface area contributed by atoms with E-state index in [1.807, 2.05) is 11.8 Å². The summed E-state index contributed by atoms with van der Waals surface area (Å²) in [6.45, 7) is 4.12. The van der Waals surface area contributed by atoms with Crippen LogP contribution in [0.15, 0.2) is 38.8 Å². The second kappa shape index (κ2) is 9.24. The number of nitrogens with one attached hydrogen (secondary N) is 1. The molecular formula is C20H26N2O3S. The molecule has 2 aromatic carbocycles. The molecule has 0 radical (unpaired) electrons. The van der Waals surface area contributed by atoms with Gasteiger partial charge in [0, 0.05) is 18.0 Å². The third-order valence-electron chi connectivity index (χ3n) is 4.72. The van der Waals surface area contributed by atoms with Gasteiger partial charge in [-0.05, 0) is 55.8 Å². The number of ether oxygens (including phenoxy) is 1. The molecule has 0 aromatic heterocycles. The highest BCUT2D eigenvalue weighted by atomic mass is 32.2. The standard InChI is InChI=1S/C20H26N2O3S/c1-25-20-17(18(23)19(20)24)21-9-6-12-26-16-8-5-7-15(13-16)14-22-10-3-2-4-11-22/h5,7-8,13,21H,2-4,6,9-12,14H2,1H3. The topological polar surface area (TPSA) is 58.6 Å². The lowest BCUT2D eigenvalue weighted by atomic mass is 10.1. The van der Waals surface area contributed by atoms with Gasteiger partial charge in [-0.1, -0.05) is 18.6 Å². The molecule has 2 aromatic rings. The van der Waals surface area contributed by atoms with Crippen LogP contribution in [0.5, 0.6) is 5.75 Å². The summed E-state index contributed by atoms with van der Waals surface area (Å²) in [5.41, 5.74) is 0.698. The number of thioether (sulfide) groups is 1. The van der Waals surface area contributed by atoms with Crippen LogP contribution < -0.4 is 20.9 Å². The maximum Gasteiger partial charge on any atom is 0.271 e. The van der Waals surface area contributed by atoms with Crippen molar-refractivity contribution in [1.82, 2.24) is 4.90 Å². The van der Waals surface area contributed by atoms with Gasteiger partial charge in [0.25, 0.3) is 10.9 Å². The molecule has 6 heteroatoms. The van der Waals surface area contributed by atoms with Crippen LogP contribution in [0.3, 0.4) is 0 Å². The molecule has 0 spiro atoms. The summed E-state index contributed by atoms with van der Waals surface area (Å²) in [4.78, 5) is 26.6. The Bertz CT molecular complexity index is 793. The van der Waals surface area contributed by atoms with Crippen LogP contribution >= 0.6 is 11.8 Å². The minimum absolute atomic E-state index is 0.160. The fourth-order valence-electron chi connectivity index (χ4n) is 3.31. The van der Waals surface area contributed by atoms with E-state index < -0.39 is 10.9 Å². The molecule has 26 heavy (non-hydrogen) atoms. The van der Waals surface area contributed by atoms with Crippen LogP contribution in [0.4, 0.5) is 5.69 Å². The number of rotatable bonds is 9. The second-order valence-electron chi connectivity index (χ2n) is 6.68. The zero-order chi connectivity index (χ0) is 18.4. The van der Waals surface area contributed by atoms with Gasteiger partial charge in [-0.15, -0.1) is 11.8 Å². The first-order chi connectivity index (χ1) is 12.7. The van der Waals surface area contributed by atoms with Crippen molar-refractivity contribution >= 4 is 17.4 Å². The van der Waals surface area contributed by atoms with Crippen molar-refractivity contribution in [2.75, 3.05) is 37.8 Å². The largest absolute Gasteiger partial charge is 0.491 e. The van der Waals surface area contributed by atoms with Crippen molar-refractivity contribution in [3.05, 3.63) is 50.3 Å². The number of piperidine rings is 1. The van der Waals surface area contributed by atoms with Gasteiger partial charge >= 0.3 is 0 Å². The van der Waals surface area contributed by atoms with Crippen LogP contribution in [-0.4, -0.2) is 37.4 Å². The minimum Gasteiger partial charge on any atom is -0.491 e. The van der Waals surface area contributed by atoms with Crippen LogP contribution in [0, 0.1) is 0 Å². The normalized spacial score (nSPS) is 15.3. The number of hydrogen-bond donors (Lipinski definition) is 1. The average Bonchev–Trinajstić information content (AvgIpc) is 2.67. The predicted molar refractivity (Wildman–Crippen MR) is 107 cm³/mol. The van der Waals surface area contributed by atoms with Crippen LogP contribution in [0.25, 0.3) is 0 Å². The lowest BCUT2D eigenvalue weighted by Gasteiger charge is -2.26. The Morgan fingerprint density at radius 2 is 1.96 bits per heavy atom. The molecule has 0 saturated carbocycles. The monoisotopic (exact) mass is 374 g/mol. The Kier molecular flexibility index (Phi) is 6.74. The first-order valence-electron chi connectivity index (χ1n) is 9.24. The lowest BCUT2D eigenvalue weighted by molar-refractivity contribution is 0.221. The number of methoxy groups -OCH3 is 1. The summed E-state index contributed by atoms with van der Waals surface area (Å²) in [7, 11) is 1.41. The first kappa shape index (κ1) is 19.0. The smallest absolute Gasteiger partial charge is 0.271 e. The van der Waals surface area contributed by atoms with Gasteiger partial charge in [-0.25, -0.2) is 0 Å². The van der Waals surface area contributed by atoms with E-state index in [2.05, 4.69) is 34.5 Å². The first-order valence-corrected chi connectivity index (χ1v) is 10.2. The summed E-state index contributed by atoms with van der Waals surface area (Å²) < 4.78 is 4.92. The maximum absolute atomic E-state index is 11.5. The van der Waals surface area contributed by atoms with E-state index in [1.165, 1.54) is 49.9 Å². The summed E-state index contributed by atoms with van der Waals surface area (Å²) in [5, 5.41) is 3.02. The molecular weight excluding hydrogens is 348 g/mol. The predicted octanol–water partition coefficient (Wildman–Crippen LogP) is 2.87. The lowest BCUT2D eigenvalue weighted by Crippen LogP contribution is -2.35. The minimum atomic E-state index is -0.533. The molecule has 1 N–H and O–H groups in total. The summed E-state index contributed by atoms with van der Waals surface area (Å²) >= 11 is 1.82. The van der Waals surface area contributed by atoms with E-state index >= 15 is 0 Å². The van der Waals surface area contributed by atoms with E-state index in [-0.39, 0.29) is 5.75 Å². The summed E-state index contributed by atoms with van der Waals surface area (Å²) in [5.74, 6) is 1.12. The van der Waals surface area contributed by atoms with E-state index in [0.717, 1.165) is 18.7 Å². The number of nitrogens with zero attached hydrogens (tertiary/aromatic N) is 1. The quantitative estimate of drug-likeness (QED) is 0.414. The van der Waals surface area contributed by atoms with Crippen molar-refractivity contribution in [2.45, 2.75) is 37.1 Å². The molecule has 3 rings (SSSR count). The number of hydrogen-bond acceptors (Lipinski definition) is 6. The third kappa shape index (κ3) is 4.68. The fourth-order valence-corrected chi connectivity index (χ4v) is 4.24. The van der Waals surface area contributed by atoms with Crippen LogP contribution in [0.2, 0.25) is 0 Å². The van der Waals surface area contributed by atoms with Gasteiger partial charge in [0.1, 0.15) is 5.69 Å². The SMILES string of the molecule is COc1c(NCCCSc2cccc(CN3CCCCC3)c2)c(=O)c1=O. The molecule has 0 unspecified atom stereocenters. The van der Waals surface area contributed by atoms with Gasteiger partial charge in [0.05, 0.1) is 7.11 Å². The number of likely N-dealkylation sites (tertiary alicyclic amines) is 1. The van der Waals surface area contributed by atoms with E-state index in [0.29, 0.717) is 12.2 Å².